The number of rotatable bonds is 9. The fraction of sp³-hybridized carbons (Fsp3) is 0.289. The second kappa shape index (κ2) is 14.3. The number of fused-ring (bicyclic) bond motifs is 2. The quantitative estimate of drug-likeness (QED) is 0.187. The third-order valence-electron chi connectivity index (χ3n) is 8.54. The monoisotopic (exact) mass is 617 g/mol. The lowest BCUT2D eigenvalue weighted by atomic mass is 10.0. The number of carbonyl (C=O) groups is 3. The number of nitrogens with zero attached hydrogens (tertiary/aromatic N) is 2. The Labute approximate surface area is 271 Å². The molecule has 2 heterocycles. The number of benzene rings is 4. The molecule has 1 atom stereocenters. The van der Waals surface area contributed by atoms with Crippen molar-refractivity contribution in [3.05, 3.63) is 118 Å². The summed E-state index contributed by atoms with van der Waals surface area (Å²) in [7, 11) is 0. The zero-order valence-corrected chi connectivity index (χ0v) is 27.3. The molecule has 2 aliphatic heterocycles. The van der Waals surface area contributed by atoms with Crippen LogP contribution in [0.5, 0.6) is 0 Å². The predicted octanol–water partition coefficient (Wildman–Crippen LogP) is 7.09. The Bertz CT molecular complexity index is 1750. The summed E-state index contributed by atoms with van der Waals surface area (Å²) in [6, 6.07) is 27.5. The molecular formula is C38H43N5O3. The van der Waals surface area contributed by atoms with E-state index in [1.807, 2.05) is 72.8 Å². The second-order valence-electron chi connectivity index (χ2n) is 11.4. The number of hydrazine groups is 2. The fourth-order valence-corrected chi connectivity index (χ4v) is 6.19. The third-order valence-corrected chi connectivity index (χ3v) is 8.54. The molecule has 1 unspecified atom stereocenters. The lowest BCUT2D eigenvalue weighted by molar-refractivity contribution is -0.125. The highest BCUT2D eigenvalue weighted by Gasteiger charge is 2.39. The molecule has 6 rings (SSSR count). The normalized spacial score (nSPS) is 14.8. The van der Waals surface area contributed by atoms with Crippen molar-refractivity contribution in [2.24, 2.45) is 0 Å². The number of amides is 3. The number of para-hydroxylation sites is 4. The summed E-state index contributed by atoms with van der Waals surface area (Å²) in [4.78, 5) is 37.0. The summed E-state index contributed by atoms with van der Waals surface area (Å²) in [6.07, 6.45) is 4.00. The molecular weight excluding hydrogens is 574 g/mol. The second-order valence-corrected chi connectivity index (χ2v) is 11.4. The number of hydrogen-bond donors (Lipinski definition) is 3. The molecule has 0 saturated carbocycles. The first-order valence-corrected chi connectivity index (χ1v) is 16.2. The minimum Gasteiger partial charge on any atom is -0.341 e. The van der Waals surface area contributed by atoms with Gasteiger partial charge in [-0.15, -0.1) is 0 Å². The molecule has 8 nitrogen and oxygen atoms in total. The topological polar surface area (TPSA) is 93.8 Å². The SMILES string of the molecule is CCc1ccccc1NN1C(=O)C(NC(C)=O)c2cccc(CC)c21.CCc1ccccc1NN1C(=O)Cc2cccc(CC)c21. The Morgan fingerprint density at radius 2 is 1.15 bits per heavy atom. The van der Waals surface area contributed by atoms with Crippen LogP contribution in [0.3, 0.4) is 0 Å². The van der Waals surface area contributed by atoms with E-state index in [1.165, 1.54) is 18.1 Å². The highest BCUT2D eigenvalue weighted by Crippen LogP contribution is 2.39. The summed E-state index contributed by atoms with van der Waals surface area (Å²) in [6.45, 7) is 9.81. The Kier molecular flexibility index (Phi) is 10.1. The molecule has 4 aromatic rings. The van der Waals surface area contributed by atoms with Crippen molar-refractivity contribution in [2.75, 3.05) is 20.9 Å². The minimum absolute atomic E-state index is 0.108. The van der Waals surface area contributed by atoms with Crippen LogP contribution in [-0.4, -0.2) is 17.7 Å². The van der Waals surface area contributed by atoms with Crippen LogP contribution >= 0.6 is 0 Å². The van der Waals surface area contributed by atoms with Crippen LogP contribution in [0.2, 0.25) is 0 Å². The van der Waals surface area contributed by atoms with E-state index < -0.39 is 6.04 Å². The zero-order valence-electron chi connectivity index (χ0n) is 27.3. The highest BCUT2D eigenvalue weighted by atomic mass is 16.2. The van der Waals surface area contributed by atoms with E-state index in [2.05, 4.69) is 56.0 Å². The van der Waals surface area contributed by atoms with Crippen LogP contribution in [0, 0.1) is 0 Å². The van der Waals surface area contributed by atoms with Gasteiger partial charge in [-0.1, -0.05) is 100 Å². The molecule has 8 heteroatoms. The van der Waals surface area contributed by atoms with Gasteiger partial charge in [0.25, 0.3) is 5.91 Å². The molecule has 0 saturated heterocycles. The molecule has 46 heavy (non-hydrogen) atoms. The Morgan fingerprint density at radius 3 is 1.72 bits per heavy atom. The Balaban J connectivity index is 0.000000184. The first-order chi connectivity index (χ1) is 22.3. The van der Waals surface area contributed by atoms with Gasteiger partial charge in [-0.05, 0) is 65.6 Å². The first kappa shape index (κ1) is 32.3. The van der Waals surface area contributed by atoms with Gasteiger partial charge in [-0.2, -0.15) is 0 Å². The van der Waals surface area contributed by atoms with Gasteiger partial charge in [0.2, 0.25) is 11.8 Å². The van der Waals surface area contributed by atoms with Crippen molar-refractivity contribution in [3.63, 3.8) is 0 Å². The standard InChI is InChI=1S/C20H23N3O2.C18H20N2O/c1-4-14-9-6-7-12-17(14)22-23-19-15(5-2)10-8-11-16(19)18(20(23)25)21-13(3)24;1-3-13-8-5-6-11-16(13)19-20-17(21)12-15-10-7-9-14(4-2)18(15)20/h6-12,18,22H,4-5H2,1-3H3,(H,21,24);5-11,19H,3-4,12H2,1-2H3. The van der Waals surface area contributed by atoms with Crippen molar-refractivity contribution >= 4 is 40.5 Å². The average Bonchev–Trinajstić information content (AvgIpc) is 3.53. The molecule has 2 aliphatic rings. The minimum atomic E-state index is -0.653. The lowest BCUT2D eigenvalue weighted by Crippen LogP contribution is -2.40. The van der Waals surface area contributed by atoms with Crippen LogP contribution in [-0.2, 0) is 46.5 Å². The summed E-state index contributed by atoms with van der Waals surface area (Å²) in [5, 5.41) is 6.08. The molecule has 0 radical (unpaired) electrons. The molecule has 4 aromatic carbocycles. The van der Waals surface area contributed by atoms with Gasteiger partial charge in [0.15, 0.2) is 0 Å². The summed E-state index contributed by atoms with van der Waals surface area (Å²) in [5.74, 6) is -0.282. The summed E-state index contributed by atoms with van der Waals surface area (Å²) in [5.41, 5.74) is 17.0. The van der Waals surface area contributed by atoms with Gasteiger partial charge < -0.3 is 5.32 Å². The van der Waals surface area contributed by atoms with Crippen molar-refractivity contribution in [2.45, 2.75) is 72.8 Å². The smallest absolute Gasteiger partial charge is 0.272 e. The van der Waals surface area contributed by atoms with Crippen molar-refractivity contribution < 1.29 is 14.4 Å². The van der Waals surface area contributed by atoms with Gasteiger partial charge >= 0.3 is 0 Å². The van der Waals surface area contributed by atoms with E-state index in [9.17, 15) is 14.4 Å². The van der Waals surface area contributed by atoms with E-state index in [1.54, 1.807) is 10.0 Å². The molecule has 0 aromatic heterocycles. The Morgan fingerprint density at radius 1 is 0.652 bits per heavy atom. The number of hydrogen-bond acceptors (Lipinski definition) is 5. The van der Waals surface area contributed by atoms with Gasteiger partial charge in [0.05, 0.1) is 29.2 Å². The molecule has 3 amide bonds. The number of aryl methyl sites for hydroxylation is 4. The number of nitrogens with one attached hydrogen (secondary N) is 3. The zero-order chi connectivity index (χ0) is 32.8. The molecule has 0 spiro atoms. The first-order valence-electron chi connectivity index (χ1n) is 16.2. The fourth-order valence-electron chi connectivity index (χ4n) is 6.19. The summed E-state index contributed by atoms with van der Waals surface area (Å²) >= 11 is 0. The number of anilines is 4. The molecule has 0 fully saturated rings. The Hall–Kier alpha value is -5.11. The van der Waals surface area contributed by atoms with Crippen LogP contribution in [0.15, 0.2) is 84.9 Å². The van der Waals surface area contributed by atoms with E-state index >= 15 is 0 Å². The molecule has 3 N–H and O–H groups in total. The molecule has 0 bridgehead atoms. The van der Waals surface area contributed by atoms with Crippen molar-refractivity contribution in [1.82, 2.24) is 5.32 Å². The third kappa shape index (κ3) is 6.47. The van der Waals surface area contributed by atoms with Crippen LogP contribution in [0.4, 0.5) is 22.7 Å². The van der Waals surface area contributed by atoms with E-state index in [0.29, 0.717) is 6.42 Å². The van der Waals surface area contributed by atoms with Gasteiger partial charge in [0.1, 0.15) is 6.04 Å². The van der Waals surface area contributed by atoms with Crippen LogP contribution in [0.25, 0.3) is 0 Å². The number of carbonyl (C=O) groups excluding carboxylic acids is 3. The van der Waals surface area contributed by atoms with Crippen molar-refractivity contribution in [3.8, 4) is 0 Å². The van der Waals surface area contributed by atoms with Gasteiger partial charge in [-0.3, -0.25) is 25.2 Å². The van der Waals surface area contributed by atoms with Gasteiger partial charge in [0, 0.05) is 12.5 Å². The lowest BCUT2D eigenvalue weighted by Gasteiger charge is -2.23. The van der Waals surface area contributed by atoms with E-state index in [4.69, 9.17) is 0 Å². The van der Waals surface area contributed by atoms with Crippen LogP contribution in [0.1, 0.15) is 74.0 Å². The molecule has 238 valence electrons. The highest BCUT2D eigenvalue weighted by molar-refractivity contribution is 6.08. The van der Waals surface area contributed by atoms with Gasteiger partial charge in [-0.25, -0.2) is 10.0 Å². The largest absolute Gasteiger partial charge is 0.341 e. The predicted molar refractivity (Wildman–Crippen MR) is 186 cm³/mol. The maximum atomic E-state index is 13.0. The maximum absolute atomic E-state index is 13.0. The summed E-state index contributed by atoms with van der Waals surface area (Å²) < 4.78 is 0. The van der Waals surface area contributed by atoms with Crippen LogP contribution < -0.4 is 26.2 Å². The molecule has 0 aliphatic carbocycles. The van der Waals surface area contributed by atoms with E-state index in [-0.39, 0.29) is 17.7 Å². The maximum Gasteiger partial charge on any atom is 0.272 e. The average molecular weight is 618 g/mol. The van der Waals surface area contributed by atoms with E-state index in [0.717, 1.165) is 70.7 Å². The van der Waals surface area contributed by atoms with Crippen molar-refractivity contribution in [1.29, 1.82) is 0 Å².